The second-order valence-corrected chi connectivity index (χ2v) is 10.4. The van der Waals surface area contributed by atoms with E-state index < -0.39 is 17.6 Å². The van der Waals surface area contributed by atoms with Crippen molar-refractivity contribution in [3.8, 4) is 0 Å². The fourth-order valence-electron chi connectivity index (χ4n) is 4.72. The molecular formula is C32H28F3N7O3. The fourth-order valence-corrected chi connectivity index (χ4v) is 4.72. The van der Waals surface area contributed by atoms with Crippen molar-refractivity contribution in [3.63, 3.8) is 0 Å². The van der Waals surface area contributed by atoms with Crippen molar-refractivity contribution in [3.05, 3.63) is 107 Å². The predicted octanol–water partition coefficient (Wildman–Crippen LogP) is 6.81. The van der Waals surface area contributed by atoms with Crippen LogP contribution in [-0.2, 0) is 17.5 Å². The van der Waals surface area contributed by atoms with Gasteiger partial charge < -0.3 is 16.0 Å². The second kappa shape index (κ2) is 12.1. The number of nitrogens with one attached hydrogen (secondary N) is 3. The summed E-state index contributed by atoms with van der Waals surface area (Å²) in [6.07, 6.45) is -1.81. The lowest BCUT2D eigenvalue weighted by Gasteiger charge is -2.35. The number of nitrogens with zero attached hydrogens (tertiary/aromatic N) is 4. The van der Waals surface area contributed by atoms with Crippen LogP contribution in [0.15, 0.2) is 79.5 Å². The first-order chi connectivity index (χ1) is 21.3. The zero-order valence-corrected chi connectivity index (χ0v) is 24.5. The molecule has 0 saturated heterocycles. The molecule has 230 valence electrons. The third-order valence-corrected chi connectivity index (χ3v) is 7.15. The normalized spacial score (nSPS) is 12.8. The number of urea groups is 1. The van der Waals surface area contributed by atoms with Crippen molar-refractivity contribution in [1.82, 2.24) is 9.97 Å². The Morgan fingerprint density at radius 3 is 2.44 bits per heavy atom. The molecule has 1 aromatic heterocycles. The van der Waals surface area contributed by atoms with Gasteiger partial charge in [-0.05, 0) is 73.5 Å². The standard InChI is InChI=1S/C32H28F3N7O3/c1-5-27(43)39-25-14-23(11-9-18(25)2)38-30-36-16-21-17-42(31(45)41(4)28(21)40-30)26-15-24(12-10-19(26)3)37-29(44)20-7-6-8-22(13-20)32(33,34)35/h5-16H,1,17H2,2-4H3,(H,37,44)(H,39,43)(H,36,38,40). The average Bonchev–Trinajstić information content (AvgIpc) is 3.01. The molecule has 2 heterocycles. The fraction of sp³-hybridized carbons (Fsp3) is 0.156. The monoisotopic (exact) mass is 615 g/mol. The highest BCUT2D eigenvalue weighted by Crippen LogP contribution is 2.34. The Kier molecular flexibility index (Phi) is 8.27. The van der Waals surface area contributed by atoms with Crippen LogP contribution in [0.1, 0.15) is 32.6 Å². The van der Waals surface area contributed by atoms with E-state index in [-0.39, 0.29) is 30.0 Å². The molecule has 10 nitrogen and oxygen atoms in total. The van der Waals surface area contributed by atoms with Gasteiger partial charge in [0, 0.05) is 41.4 Å². The maximum absolute atomic E-state index is 13.5. The molecule has 4 aromatic rings. The summed E-state index contributed by atoms with van der Waals surface area (Å²) in [5.41, 5.74) is 3.16. The number of rotatable bonds is 7. The van der Waals surface area contributed by atoms with E-state index in [2.05, 4.69) is 32.5 Å². The van der Waals surface area contributed by atoms with E-state index in [9.17, 15) is 27.6 Å². The third kappa shape index (κ3) is 6.61. The molecule has 3 N–H and O–H groups in total. The van der Waals surface area contributed by atoms with Crippen molar-refractivity contribution in [1.29, 1.82) is 0 Å². The van der Waals surface area contributed by atoms with Crippen LogP contribution in [0.2, 0.25) is 0 Å². The maximum Gasteiger partial charge on any atom is 0.416 e. The summed E-state index contributed by atoms with van der Waals surface area (Å²) in [6.45, 7) is 7.25. The molecule has 0 fully saturated rings. The topological polar surface area (TPSA) is 120 Å². The largest absolute Gasteiger partial charge is 0.416 e. The summed E-state index contributed by atoms with van der Waals surface area (Å²) in [7, 11) is 1.58. The van der Waals surface area contributed by atoms with Crippen LogP contribution in [0.25, 0.3) is 0 Å². The van der Waals surface area contributed by atoms with Crippen LogP contribution in [0.4, 0.5) is 52.5 Å². The van der Waals surface area contributed by atoms with E-state index in [0.717, 1.165) is 23.3 Å². The minimum atomic E-state index is -4.58. The number of aryl methyl sites for hydroxylation is 2. The Bertz CT molecular complexity index is 1840. The molecule has 5 rings (SSSR count). The van der Waals surface area contributed by atoms with Gasteiger partial charge in [-0.25, -0.2) is 9.78 Å². The van der Waals surface area contributed by atoms with Gasteiger partial charge >= 0.3 is 12.2 Å². The highest BCUT2D eigenvalue weighted by atomic mass is 19.4. The molecule has 13 heteroatoms. The lowest BCUT2D eigenvalue weighted by molar-refractivity contribution is -0.137. The Hall–Kier alpha value is -5.72. The summed E-state index contributed by atoms with van der Waals surface area (Å²) in [6, 6.07) is 14.0. The van der Waals surface area contributed by atoms with Crippen molar-refractivity contribution < 1.29 is 27.6 Å². The van der Waals surface area contributed by atoms with Crippen LogP contribution < -0.4 is 25.8 Å². The summed E-state index contributed by atoms with van der Waals surface area (Å²) in [5, 5.41) is 8.46. The molecule has 0 bridgehead atoms. The van der Waals surface area contributed by atoms with Crippen LogP contribution in [0.5, 0.6) is 0 Å². The molecule has 0 unspecified atom stereocenters. The van der Waals surface area contributed by atoms with Crippen LogP contribution in [0, 0.1) is 13.8 Å². The minimum absolute atomic E-state index is 0.132. The zero-order valence-electron chi connectivity index (χ0n) is 24.5. The quantitative estimate of drug-likeness (QED) is 0.197. The SMILES string of the molecule is C=CC(=O)Nc1cc(Nc2ncc3c(n2)N(C)C(=O)N(c2cc(NC(=O)c4cccc(C(F)(F)F)c4)ccc2C)C3)ccc1C. The molecule has 0 aliphatic carbocycles. The first-order valence-corrected chi connectivity index (χ1v) is 13.7. The number of halogens is 3. The smallest absolute Gasteiger partial charge is 0.324 e. The number of alkyl halides is 3. The molecule has 0 radical (unpaired) electrons. The third-order valence-electron chi connectivity index (χ3n) is 7.15. The van der Waals surface area contributed by atoms with Gasteiger partial charge in [-0.2, -0.15) is 18.2 Å². The van der Waals surface area contributed by atoms with E-state index in [0.29, 0.717) is 34.1 Å². The van der Waals surface area contributed by atoms with Crippen LogP contribution in [0.3, 0.4) is 0 Å². The van der Waals surface area contributed by atoms with Gasteiger partial charge in [0.25, 0.3) is 5.91 Å². The van der Waals surface area contributed by atoms with Crippen LogP contribution >= 0.6 is 0 Å². The molecule has 1 aliphatic heterocycles. The predicted molar refractivity (Wildman–Crippen MR) is 166 cm³/mol. The number of anilines is 6. The Morgan fingerprint density at radius 2 is 1.71 bits per heavy atom. The van der Waals surface area contributed by atoms with E-state index >= 15 is 0 Å². The molecule has 0 saturated carbocycles. The van der Waals surface area contributed by atoms with Gasteiger partial charge in [0.1, 0.15) is 5.82 Å². The van der Waals surface area contributed by atoms with Crippen molar-refractivity contribution in [2.45, 2.75) is 26.6 Å². The summed E-state index contributed by atoms with van der Waals surface area (Å²) >= 11 is 0. The molecule has 1 aliphatic rings. The first-order valence-electron chi connectivity index (χ1n) is 13.7. The minimum Gasteiger partial charge on any atom is -0.324 e. The Morgan fingerprint density at radius 1 is 0.978 bits per heavy atom. The van der Waals surface area contributed by atoms with Gasteiger partial charge in [-0.3, -0.25) is 19.4 Å². The summed E-state index contributed by atoms with van der Waals surface area (Å²) < 4.78 is 39.4. The highest BCUT2D eigenvalue weighted by molar-refractivity contribution is 6.07. The number of aromatic nitrogens is 2. The van der Waals surface area contributed by atoms with E-state index in [1.54, 1.807) is 50.5 Å². The average molecular weight is 616 g/mol. The number of carbonyl (C=O) groups excluding carboxylic acids is 3. The van der Waals surface area contributed by atoms with Crippen molar-refractivity contribution in [2.24, 2.45) is 0 Å². The molecule has 3 aromatic carbocycles. The Labute approximate surface area is 256 Å². The number of hydrogen-bond donors (Lipinski definition) is 3. The van der Waals surface area contributed by atoms with Gasteiger partial charge in [0.2, 0.25) is 11.9 Å². The number of amides is 4. The zero-order chi connectivity index (χ0) is 32.5. The van der Waals surface area contributed by atoms with E-state index in [4.69, 9.17) is 0 Å². The number of carbonyl (C=O) groups is 3. The van der Waals surface area contributed by atoms with Gasteiger partial charge in [0.15, 0.2) is 0 Å². The van der Waals surface area contributed by atoms with Crippen molar-refractivity contribution in [2.75, 3.05) is 32.8 Å². The number of hydrogen-bond acceptors (Lipinski definition) is 6. The molecule has 45 heavy (non-hydrogen) atoms. The van der Waals surface area contributed by atoms with Crippen LogP contribution in [-0.4, -0.2) is 34.9 Å². The van der Waals surface area contributed by atoms with Gasteiger partial charge in [-0.15, -0.1) is 0 Å². The summed E-state index contributed by atoms with van der Waals surface area (Å²) in [5.74, 6) is -0.431. The van der Waals surface area contributed by atoms with E-state index in [1.165, 1.54) is 28.0 Å². The van der Waals surface area contributed by atoms with Gasteiger partial charge in [0.05, 0.1) is 17.8 Å². The lowest BCUT2D eigenvalue weighted by Crippen LogP contribution is -2.46. The lowest BCUT2D eigenvalue weighted by atomic mass is 10.1. The van der Waals surface area contributed by atoms with Crippen molar-refractivity contribution >= 4 is 52.4 Å². The summed E-state index contributed by atoms with van der Waals surface area (Å²) in [4.78, 5) is 50.0. The highest BCUT2D eigenvalue weighted by Gasteiger charge is 2.32. The van der Waals surface area contributed by atoms with Gasteiger partial charge in [-0.1, -0.05) is 24.8 Å². The molecule has 4 amide bonds. The van der Waals surface area contributed by atoms with E-state index in [1.807, 2.05) is 13.0 Å². The molecule has 0 spiro atoms. The second-order valence-electron chi connectivity index (χ2n) is 10.4. The number of fused-ring (bicyclic) bond motifs is 1. The maximum atomic E-state index is 13.5. The molecular weight excluding hydrogens is 587 g/mol. The Balaban J connectivity index is 1.36. The molecule has 0 atom stereocenters. The number of benzene rings is 3. The first kappa shape index (κ1) is 30.7.